The smallest absolute Gasteiger partial charge is 0.349 e. The van der Waals surface area contributed by atoms with Gasteiger partial charge >= 0.3 is 5.97 Å². The van der Waals surface area contributed by atoms with E-state index < -0.39 is 16.0 Å². The molecule has 23 heavy (non-hydrogen) atoms. The third-order valence-corrected chi connectivity index (χ3v) is 7.01. The van der Waals surface area contributed by atoms with Crippen LogP contribution in [0, 0.1) is 0 Å². The lowest BCUT2D eigenvalue weighted by molar-refractivity contribution is 0.0602. The molecule has 0 aliphatic carbocycles. The van der Waals surface area contributed by atoms with Gasteiger partial charge in [-0.25, -0.2) is 13.2 Å². The van der Waals surface area contributed by atoms with Crippen molar-refractivity contribution in [3.8, 4) is 0 Å². The summed E-state index contributed by atoms with van der Waals surface area (Å²) in [5.41, 5.74) is 0. The first-order valence-corrected chi connectivity index (χ1v) is 9.92. The molecular formula is C14H14ClNO4S3. The molecule has 0 aromatic carbocycles. The summed E-state index contributed by atoms with van der Waals surface area (Å²) in [6.07, 6.45) is 1.50. The number of esters is 1. The number of methoxy groups -OCH3 is 1. The van der Waals surface area contributed by atoms with Gasteiger partial charge in [-0.05, 0) is 23.6 Å². The standard InChI is InChI=1S/C14H14ClNO4S3/c1-3-7-16(9-10-4-5-12(15)22-10)23(18,19)11-6-8-21-13(11)14(17)20-2/h3-6,8H,1,7,9H2,2H3. The van der Waals surface area contributed by atoms with E-state index in [2.05, 4.69) is 11.3 Å². The maximum atomic E-state index is 12.9. The largest absolute Gasteiger partial charge is 0.465 e. The van der Waals surface area contributed by atoms with Gasteiger partial charge in [0.25, 0.3) is 0 Å². The van der Waals surface area contributed by atoms with Crippen LogP contribution >= 0.6 is 34.3 Å². The Morgan fingerprint density at radius 2 is 2.17 bits per heavy atom. The van der Waals surface area contributed by atoms with Crippen LogP contribution in [0.2, 0.25) is 4.34 Å². The number of carbonyl (C=O) groups is 1. The van der Waals surface area contributed by atoms with Gasteiger partial charge in [-0.2, -0.15) is 4.31 Å². The molecule has 0 unspecified atom stereocenters. The van der Waals surface area contributed by atoms with Crippen molar-refractivity contribution in [1.82, 2.24) is 4.31 Å². The molecule has 124 valence electrons. The predicted octanol–water partition coefficient (Wildman–Crippen LogP) is 3.63. The highest BCUT2D eigenvalue weighted by Crippen LogP contribution is 2.29. The lowest BCUT2D eigenvalue weighted by Crippen LogP contribution is -2.31. The summed E-state index contributed by atoms with van der Waals surface area (Å²) in [5, 5.41) is 1.55. The Morgan fingerprint density at radius 3 is 2.74 bits per heavy atom. The van der Waals surface area contributed by atoms with Crippen molar-refractivity contribution in [2.45, 2.75) is 11.4 Å². The van der Waals surface area contributed by atoms with E-state index in [0.29, 0.717) is 4.34 Å². The van der Waals surface area contributed by atoms with E-state index in [4.69, 9.17) is 11.6 Å². The van der Waals surface area contributed by atoms with Gasteiger partial charge in [0.1, 0.15) is 9.77 Å². The van der Waals surface area contributed by atoms with Crippen LogP contribution in [0.25, 0.3) is 0 Å². The summed E-state index contributed by atoms with van der Waals surface area (Å²) >= 11 is 8.23. The number of halogens is 1. The first-order valence-electron chi connectivity index (χ1n) is 6.41. The predicted molar refractivity (Wildman–Crippen MR) is 92.8 cm³/mol. The normalized spacial score (nSPS) is 11.6. The second-order valence-electron chi connectivity index (χ2n) is 4.40. The summed E-state index contributed by atoms with van der Waals surface area (Å²) < 4.78 is 32.2. The third kappa shape index (κ3) is 4.02. The van der Waals surface area contributed by atoms with Gasteiger partial charge in [0, 0.05) is 18.0 Å². The molecule has 0 N–H and O–H groups in total. The molecule has 0 aliphatic heterocycles. The molecule has 0 radical (unpaired) electrons. The lowest BCUT2D eigenvalue weighted by atomic mass is 10.4. The first kappa shape index (κ1) is 18.2. The summed E-state index contributed by atoms with van der Waals surface area (Å²) in [6, 6.07) is 4.89. The monoisotopic (exact) mass is 391 g/mol. The summed E-state index contributed by atoms with van der Waals surface area (Å²) in [6.45, 7) is 3.87. The van der Waals surface area contributed by atoms with E-state index in [9.17, 15) is 13.2 Å². The van der Waals surface area contributed by atoms with E-state index in [-0.39, 0.29) is 22.9 Å². The van der Waals surface area contributed by atoms with Crippen LogP contribution in [0.4, 0.5) is 0 Å². The molecular weight excluding hydrogens is 378 g/mol. The fourth-order valence-corrected chi connectivity index (χ4v) is 5.77. The average molecular weight is 392 g/mol. The lowest BCUT2D eigenvalue weighted by Gasteiger charge is -2.20. The Kier molecular flexibility index (Phi) is 5.99. The molecule has 5 nitrogen and oxygen atoms in total. The second-order valence-corrected chi connectivity index (χ2v) is 9.02. The number of ether oxygens (including phenoxy) is 1. The third-order valence-electron chi connectivity index (χ3n) is 2.91. The fraction of sp³-hybridized carbons (Fsp3) is 0.214. The van der Waals surface area contributed by atoms with Gasteiger partial charge in [0.2, 0.25) is 10.0 Å². The number of sulfonamides is 1. The zero-order valence-corrected chi connectivity index (χ0v) is 15.4. The minimum Gasteiger partial charge on any atom is -0.465 e. The van der Waals surface area contributed by atoms with Gasteiger partial charge in [0.05, 0.1) is 11.4 Å². The van der Waals surface area contributed by atoms with Gasteiger partial charge in [-0.1, -0.05) is 17.7 Å². The molecule has 2 rings (SSSR count). The quantitative estimate of drug-likeness (QED) is 0.534. The Bertz CT molecular complexity index is 810. The van der Waals surface area contributed by atoms with Crippen LogP contribution in [0.5, 0.6) is 0 Å². The number of carbonyl (C=O) groups excluding carboxylic acids is 1. The molecule has 0 atom stereocenters. The Labute approximate surface area is 147 Å². The minimum atomic E-state index is -3.86. The molecule has 2 aromatic heterocycles. The zero-order chi connectivity index (χ0) is 17.0. The van der Waals surface area contributed by atoms with E-state index in [1.807, 2.05) is 0 Å². The highest BCUT2D eigenvalue weighted by atomic mass is 35.5. The van der Waals surface area contributed by atoms with Crippen molar-refractivity contribution in [2.75, 3.05) is 13.7 Å². The van der Waals surface area contributed by atoms with Crippen molar-refractivity contribution in [3.63, 3.8) is 0 Å². The average Bonchev–Trinajstić information content (AvgIpc) is 3.15. The molecule has 0 aliphatic rings. The number of rotatable bonds is 7. The second kappa shape index (κ2) is 7.59. The number of nitrogens with zero attached hydrogens (tertiary/aromatic N) is 1. The summed E-state index contributed by atoms with van der Waals surface area (Å²) in [7, 11) is -2.64. The van der Waals surface area contributed by atoms with Crippen molar-refractivity contribution in [1.29, 1.82) is 0 Å². The van der Waals surface area contributed by atoms with Crippen LogP contribution in [-0.2, 0) is 21.3 Å². The number of hydrogen-bond donors (Lipinski definition) is 0. The molecule has 2 heterocycles. The van der Waals surface area contributed by atoms with Crippen molar-refractivity contribution in [3.05, 3.63) is 50.3 Å². The highest BCUT2D eigenvalue weighted by molar-refractivity contribution is 7.89. The number of thiophene rings is 2. The summed E-state index contributed by atoms with van der Waals surface area (Å²) in [5.74, 6) is -0.670. The SMILES string of the molecule is C=CCN(Cc1ccc(Cl)s1)S(=O)(=O)c1ccsc1C(=O)OC. The molecule has 2 aromatic rings. The van der Waals surface area contributed by atoms with Crippen molar-refractivity contribution < 1.29 is 17.9 Å². The summed E-state index contributed by atoms with van der Waals surface area (Å²) in [4.78, 5) is 12.6. The van der Waals surface area contributed by atoms with Gasteiger partial charge in [-0.15, -0.1) is 29.3 Å². The maximum Gasteiger partial charge on any atom is 0.349 e. The molecule has 0 saturated heterocycles. The number of hydrogen-bond acceptors (Lipinski definition) is 6. The maximum absolute atomic E-state index is 12.9. The molecule has 0 fully saturated rings. The minimum absolute atomic E-state index is 0.0566. The van der Waals surface area contributed by atoms with E-state index in [1.54, 1.807) is 17.5 Å². The Hall–Kier alpha value is -1.19. The van der Waals surface area contributed by atoms with E-state index in [1.165, 1.54) is 34.9 Å². The Balaban J connectivity index is 2.39. The molecule has 9 heteroatoms. The fourth-order valence-electron chi connectivity index (χ4n) is 1.88. The Morgan fingerprint density at radius 1 is 1.43 bits per heavy atom. The van der Waals surface area contributed by atoms with Crippen LogP contribution in [-0.4, -0.2) is 32.3 Å². The van der Waals surface area contributed by atoms with Gasteiger partial charge < -0.3 is 4.74 Å². The zero-order valence-electron chi connectivity index (χ0n) is 12.2. The van der Waals surface area contributed by atoms with Gasteiger partial charge in [0.15, 0.2) is 0 Å². The van der Waals surface area contributed by atoms with Crippen molar-refractivity contribution >= 4 is 50.3 Å². The van der Waals surface area contributed by atoms with Gasteiger partial charge in [-0.3, -0.25) is 0 Å². The topological polar surface area (TPSA) is 63.7 Å². The van der Waals surface area contributed by atoms with Crippen LogP contribution in [0.15, 0.2) is 41.1 Å². The molecule has 0 bridgehead atoms. The molecule has 0 spiro atoms. The van der Waals surface area contributed by atoms with E-state index >= 15 is 0 Å². The molecule has 0 saturated carbocycles. The first-order chi connectivity index (χ1) is 10.9. The van der Waals surface area contributed by atoms with E-state index in [0.717, 1.165) is 16.2 Å². The van der Waals surface area contributed by atoms with Crippen LogP contribution < -0.4 is 0 Å². The van der Waals surface area contributed by atoms with Crippen LogP contribution in [0.1, 0.15) is 14.5 Å². The van der Waals surface area contributed by atoms with Crippen LogP contribution in [0.3, 0.4) is 0 Å². The highest BCUT2D eigenvalue weighted by Gasteiger charge is 2.30. The van der Waals surface area contributed by atoms with Crippen molar-refractivity contribution in [2.24, 2.45) is 0 Å². The molecule has 0 amide bonds.